The van der Waals surface area contributed by atoms with Crippen LogP contribution in [0.15, 0.2) is 52.0 Å². The second-order valence-corrected chi connectivity index (χ2v) is 6.24. The van der Waals surface area contributed by atoms with Crippen LogP contribution in [0.4, 0.5) is 10.5 Å². The highest BCUT2D eigenvalue weighted by atomic mass is 32.2. The SMILES string of the molecule is Nc1ccc(-c2cncc3cc(/C=C4/SC(=O)NC4=O)oc23)cc1. The summed E-state index contributed by atoms with van der Waals surface area (Å²) < 4.78 is 5.88. The molecule has 118 valence electrons. The number of anilines is 1. The molecule has 3 heterocycles. The smallest absolute Gasteiger partial charge is 0.290 e. The van der Waals surface area contributed by atoms with Crippen LogP contribution in [0.3, 0.4) is 0 Å². The lowest BCUT2D eigenvalue weighted by atomic mass is 10.1. The van der Waals surface area contributed by atoms with E-state index in [4.69, 9.17) is 10.2 Å². The number of amides is 2. The second-order valence-electron chi connectivity index (χ2n) is 5.23. The lowest BCUT2D eigenvalue weighted by Gasteiger charge is -2.02. The molecule has 6 nitrogen and oxygen atoms in total. The molecule has 1 aromatic carbocycles. The van der Waals surface area contributed by atoms with Gasteiger partial charge in [0.2, 0.25) is 0 Å². The largest absolute Gasteiger partial charge is 0.456 e. The number of rotatable bonds is 2. The fourth-order valence-electron chi connectivity index (χ4n) is 2.47. The number of nitrogens with two attached hydrogens (primary N) is 1. The predicted molar refractivity (Wildman–Crippen MR) is 93.0 cm³/mol. The van der Waals surface area contributed by atoms with Gasteiger partial charge in [0.15, 0.2) is 0 Å². The lowest BCUT2D eigenvalue weighted by Crippen LogP contribution is -2.17. The maximum absolute atomic E-state index is 11.6. The summed E-state index contributed by atoms with van der Waals surface area (Å²) in [7, 11) is 0. The van der Waals surface area contributed by atoms with Gasteiger partial charge in [-0.2, -0.15) is 0 Å². The van der Waals surface area contributed by atoms with Crippen LogP contribution in [0.1, 0.15) is 5.76 Å². The Morgan fingerprint density at radius 2 is 1.96 bits per heavy atom. The summed E-state index contributed by atoms with van der Waals surface area (Å²) >= 11 is 0.853. The first kappa shape index (κ1) is 14.5. The van der Waals surface area contributed by atoms with Crippen LogP contribution in [0, 0.1) is 0 Å². The molecule has 3 N–H and O–H groups in total. The molecular formula is C17H11N3O3S. The van der Waals surface area contributed by atoms with Gasteiger partial charge in [-0.25, -0.2) is 0 Å². The van der Waals surface area contributed by atoms with Crippen LogP contribution in [-0.4, -0.2) is 16.1 Å². The van der Waals surface area contributed by atoms with E-state index in [0.717, 1.165) is 28.3 Å². The Labute approximate surface area is 140 Å². The number of nitrogens with one attached hydrogen (secondary N) is 1. The van der Waals surface area contributed by atoms with E-state index in [-0.39, 0.29) is 5.24 Å². The summed E-state index contributed by atoms with van der Waals surface area (Å²) in [5, 5.41) is 2.64. The minimum Gasteiger partial charge on any atom is -0.456 e. The van der Waals surface area contributed by atoms with Gasteiger partial charge in [-0.05, 0) is 35.5 Å². The van der Waals surface area contributed by atoms with Crippen LogP contribution in [0.25, 0.3) is 28.2 Å². The van der Waals surface area contributed by atoms with Crippen molar-refractivity contribution in [2.75, 3.05) is 5.73 Å². The number of nitrogen functional groups attached to an aromatic ring is 1. The van der Waals surface area contributed by atoms with E-state index in [1.54, 1.807) is 24.5 Å². The van der Waals surface area contributed by atoms with Crippen molar-refractivity contribution < 1.29 is 14.0 Å². The van der Waals surface area contributed by atoms with Crippen LogP contribution in [0.2, 0.25) is 0 Å². The Kier molecular flexibility index (Phi) is 3.35. The number of pyridine rings is 1. The fraction of sp³-hybridized carbons (Fsp3) is 0. The molecule has 2 amide bonds. The van der Waals surface area contributed by atoms with Crippen molar-refractivity contribution in [2.24, 2.45) is 0 Å². The first-order valence-corrected chi connectivity index (χ1v) is 7.90. The van der Waals surface area contributed by atoms with E-state index in [1.807, 2.05) is 24.3 Å². The normalized spacial score (nSPS) is 16.1. The monoisotopic (exact) mass is 337 g/mol. The summed E-state index contributed by atoms with van der Waals surface area (Å²) in [6.07, 6.45) is 4.96. The number of hydrogen-bond acceptors (Lipinski definition) is 6. The van der Waals surface area contributed by atoms with Crippen LogP contribution in [-0.2, 0) is 4.79 Å². The Hall–Kier alpha value is -3.06. The Bertz CT molecular complexity index is 1010. The van der Waals surface area contributed by atoms with Crippen molar-refractivity contribution in [3.63, 3.8) is 0 Å². The summed E-state index contributed by atoms with van der Waals surface area (Å²) in [5.74, 6) is 0.0735. The molecule has 0 aliphatic carbocycles. The van der Waals surface area contributed by atoms with Gasteiger partial charge >= 0.3 is 0 Å². The second kappa shape index (κ2) is 5.54. The Morgan fingerprint density at radius 1 is 1.17 bits per heavy atom. The Balaban J connectivity index is 1.80. The molecule has 1 aliphatic heterocycles. The zero-order chi connectivity index (χ0) is 16.7. The minimum absolute atomic E-state index is 0.307. The van der Waals surface area contributed by atoms with Crippen LogP contribution in [0.5, 0.6) is 0 Å². The zero-order valence-electron chi connectivity index (χ0n) is 12.3. The minimum atomic E-state index is -0.415. The fourth-order valence-corrected chi connectivity index (χ4v) is 3.13. The van der Waals surface area contributed by atoms with Crippen molar-refractivity contribution in [3.8, 4) is 11.1 Å². The average Bonchev–Trinajstić information content (AvgIpc) is 3.10. The number of aromatic nitrogens is 1. The van der Waals surface area contributed by atoms with Gasteiger partial charge in [0.1, 0.15) is 11.3 Å². The molecule has 0 spiro atoms. The highest BCUT2D eigenvalue weighted by molar-refractivity contribution is 8.18. The van der Waals surface area contributed by atoms with Gasteiger partial charge < -0.3 is 10.2 Å². The first-order valence-electron chi connectivity index (χ1n) is 7.08. The molecule has 7 heteroatoms. The Morgan fingerprint density at radius 3 is 2.67 bits per heavy atom. The van der Waals surface area contributed by atoms with Gasteiger partial charge in [-0.15, -0.1) is 0 Å². The van der Waals surface area contributed by atoms with E-state index in [1.165, 1.54) is 0 Å². The molecule has 1 aliphatic rings. The van der Waals surface area contributed by atoms with Crippen molar-refractivity contribution >= 4 is 45.6 Å². The standard InChI is InChI=1S/C17H11N3O3S/c18-11-3-1-9(2-4-11)13-8-19-7-10-5-12(23-15(10)13)6-14-16(21)20-17(22)24-14/h1-8H,18H2,(H,20,21,22)/b14-6+. The molecule has 3 aromatic rings. The maximum atomic E-state index is 11.6. The maximum Gasteiger partial charge on any atom is 0.290 e. The number of fused-ring (bicyclic) bond motifs is 1. The topological polar surface area (TPSA) is 98.2 Å². The van der Waals surface area contributed by atoms with Crippen molar-refractivity contribution in [2.45, 2.75) is 0 Å². The van der Waals surface area contributed by atoms with Crippen molar-refractivity contribution in [1.29, 1.82) is 0 Å². The van der Waals surface area contributed by atoms with Gasteiger partial charge in [0.25, 0.3) is 11.1 Å². The molecule has 0 unspecified atom stereocenters. The van der Waals surface area contributed by atoms with Crippen LogP contribution < -0.4 is 11.1 Å². The number of benzene rings is 1. The van der Waals surface area contributed by atoms with Gasteiger partial charge in [0, 0.05) is 35.1 Å². The number of carbonyl (C=O) groups is 2. The number of nitrogens with zero attached hydrogens (tertiary/aromatic N) is 1. The molecular weight excluding hydrogens is 326 g/mol. The number of thioether (sulfide) groups is 1. The molecule has 1 saturated heterocycles. The molecule has 0 radical (unpaired) electrons. The summed E-state index contributed by atoms with van der Waals surface area (Å²) in [6, 6.07) is 9.19. The highest BCUT2D eigenvalue weighted by Crippen LogP contribution is 2.32. The third-order valence-corrected chi connectivity index (χ3v) is 4.39. The third kappa shape index (κ3) is 2.55. The third-order valence-electron chi connectivity index (χ3n) is 3.58. The molecule has 2 aromatic heterocycles. The van der Waals surface area contributed by atoms with Gasteiger partial charge in [0.05, 0.1) is 4.91 Å². The predicted octanol–water partition coefficient (Wildman–Crippen LogP) is 3.40. The van der Waals surface area contributed by atoms with Crippen molar-refractivity contribution in [3.05, 3.63) is 53.4 Å². The molecule has 0 atom stereocenters. The van der Waals surface area contributed by atoms with E-state index in [2.05, 4.69) is 10.3 Å². The lowest BCUT2D eigenvalue weighted by molar-refractivity contribution is -0.115. The summed E-state index contributed by atoms with van der Waals surface area (Å²) in [5.41, 5.74) is 8.82. The van der Waals surface area contributed by atoms with Gasteiger partial charge in [-0.3, -0.25) is 19.9 Å². The van der Waals surface area contributed by atoms with E-state index >= 15 is 0 Å². The molecule has 1 fully saturated rings. The highest BCUT2D eigenvalue weighted by Gasteiger charge is 2.25. The average molecular weight is 337 g/mol. The van der Waals surface area contributed by atoms with Gasteiger partial charge in [-0.1, -0.05) is 12.1 Å². The van der Waals surface area contributed by atoms with E-state index in [9.17, 15) is 9.59 Å². The number of carbonyl (C=O) groups excluding carboxylic acids is 2. The molecule has 0 bridgehead atoms. The number of furan rings is 1. The quantitative estimate of drug-likeness (QED) is 0.549. The zero-order valence-corrected chi connectivity index (χ0v) is 13.1. The van der Waals surface area contributed by atoms with Crippen molar-refractivity contribution in [1.82, 2.24) is 10.3 Å². The van der Waals surface area contributed by atoms with Crippen LogP contribution >= 0.6 is 11.8 Å². The van der Waals surface area contributed by atoms with E-state index < -0.39 is 5.91 Å². The number of hydrogen-bond donors (Lipinski definition) is 2. The van der Waals surface area contributed by atoms with E-state index in [0.29, 0.717) is 21.9 Å². The summed E-state index contributed by atoms with van der Waals surface area (Å²) in [4.78, 5) is 27.4. The molecule has 24 heavy (non-hydrogen) atoms. The molecule has 0 saturated carbocycles. The summed E-state index contributed by atoms with van der Waals surface area (Å²) in [6.45, 7) is 0. The first-order chi connectivity index (χ1) is 11.6. The number of imide groups is 1. The molecule has 4 rings (SSSR count).